The summed E-state index contributed by atoms with van der Waals surface area (Å²) >= 11 is 0. The maximum absolute atomic E-state index is 11.5. The van der Waals surface area contributed by atoms with Gasteiger partial charge < -0.3 is 20.5 Å². The van der Waals surface area contributed by atoms with Gasteiger partial charge in [0, 0.05) is 32.2 Å². The van der Waals surface area contributed by atoms with Gasteiger partial charge in [0.15, 0.2) is 0 Å². The van der Waals surface area contributed by atoms with Crippen molar-refractivity contribution in [1.82, 2.24) is 10.6 Å². The summed E-state index contributed by atoms with van der Waals surface area (Å²) in [5.74, 6) is -0.0176. The summed E-state index contributed by atoms with van der Waals surface area (Å²) in [7, 11) is 1.61. The molecule has 5 heteroatoms. The molecule has 1 aliphatic rings. The van der Waals surface area contributed by atoms with Gasteiger partial charge >= 0.3 is 0 Å². The monoisotopic (exact) mass is 258 g/mol. The van der Waals surface area contributed by atoms with Crippen molar-refractivity contribution < 1.29 is 14.6 Å². The third-order valence-electron chi connectivity index (χ3n) is 3.66. The first kappa shape index (κ1) is 15.4. The van der Waals surface area contributed by atoms with E-state index in [2.05, 4.69) is 10.6 Å². The summed E-state index contributed by atoms with van der Waals surface area (Å²) in [6.45, 7) is 2.33. The van der Waals surface area contributed by atoms with Crippen molar-refractivity contribution in [2.45, 2.75) is 32.1 Å². The van der Waals surface area contributed by atoms with Crippen LogP contribution >= 0.6 is 0 Å². The topological polar surface area (TPSA) is 70.6 Å². The van der Waals surface area contributed by atoms with E-state index in [1.807, 2.05) is 0 Å². The van der Waals surface area contributed by atoms with Crippen LogP contribution in [0.1, 0.15) is 32.1 Å². The zero-order valence-electron chi connectivity index (χ0n) is 11.3. The molecule has 18 heavy (non-hydrogen) atoms. The average Bonchev–Trinajstić information content (AvgIpc) is 2.40. The van der Waals surface area contributed by atoms with E-state index in [1.165, 1.54) is 19.3 Å². The van der Waals surface area contributed by atoms with E-state index in [0.29, 0.717) is 19.7 Å². The average molecular weight is 258 g/mol. The van der Waals surface area contributed by atoms with Crippen molar-refractivity contribution in [1.29, 1.82) is 0 Å². The third kappa shape index (κ3) is 5.33. The second-order valence-electron chi connectivity index (χ2n) is 5.17. The van der Waals surface area contributed by atoms with Gasteiger partial charge in [0.1, 0.15) is 0 Å². The van der Waals surface area contributed by atoms with E-state index in [1.54, 1.807) is 7.11 Å². The lowest BCUT2D eigenvalue weighted by molar-refractivity contribution is -0.120. The molecule has 0 spiro atoms. The standard InChI is InChI=1S/C13H26N2O3/c1-18-8-7-15-12(17)9-14-10-13(11-16)5-3-2-4-6-13/h14,16H,2-11H2,1H3,(H,15,17). The Balaban J connectivity index is 2.16. The first-order valence-corrected chi connectivity index (χ1v) is 6.80. The van der Waals surface area contributed by atoms with Crippen molar-refractivity contribution in [3.63, 3.8) is 0 Å². The van der Waals surface area contributed by atoms with Gasteiger partial charge in [-0.25, -0.2) is 0 Å². The molecule has 0 unspecified atom stereocenters. The number of ether oxygens (including phenoxy) is 1. The molecule has 0 aliphatic heterocycles. The van der Waals surface area contributed by atoms with Crippen LogP contribution in [0.2, 0.25) is 0 Å². The van der Waals surface area contributed by atoms with Crippen LogP contribution in [0.5, 0.6) is 0 Å². The number of aliphatic hydroxyl groups excluding tert-OH is 1. The molecule has 0 aromatic heterocycles. The molecular weight excluding hydrogens is 232 g/mol. The lowest BCUT2D eigenvalue weighted by Crippen LogP contribution is -2.43. The molecule has 0 radical (unpaired) electrons. The summed E-state index contributed by atoms with van der Waals surface area (Å²) in [6.07, 6.45) is 5.74. The molecule has 0 heterocycles. The van der Waals surface area contributed by atoms with Gasteiger partial charge in [-0.05, 0) is 12.8 Å². The second-order valence-corrected chi connectivity index (χ2v) is 5.17. The Bertz CT molecular complexity index is 240. The van der Waals surface area contributed by atoms with Gasteiger partial charge in [-0.1, -0.05) is 19.3 Å². The summed E-state index contributed by atoms with van der Waals surface area (Å²) < 4.78 is 4.86. The highest BCUT2D eigenvalue weighted by molar-refractivity contribution is 5.77. The maximum atomic E-state index is 11.5. The molecule has 0 bridgehead atoms. The molecule has 0 aromatic rings. The van der Waals surface area contributed by atoms with Gasteiger partial charge in [0.2, 0.25) is 5.91 Å². The van der Waals surface area contributed by atoms with Gasteiger partial charge in [0.05, 0.1) is 13.2 Å². The Morgan fingerprint density at radius 3 is 2.67 bits per heavy atom. The van der Waals surface area contributed by atoms with Crippen molar-refractivity contribution in [3.8, 4) is 0 Å². The molecule has 0 saturated heterocycles. The normalized spacial score (nSPS) is 18.6. The molecule has 1 rings (SSSR count). The van der Waals surface area contributed by atoms with E-state index in [-0.39, 0.29) is 17.9 Å². The van der Waals surface area contributed by atoms with E-state index < -0.39 is 0 Å². The zero-order valence-corrected chi connectivity index (χ0v) is 11.3. The second kappa shape index (κ2) is 8.45. The molecular formula is C13H26N2O3. The van der Waals surface area contributed by atoms with Crippen LogP contribution in [0.25, 0.3) is 0 Å². The van der Waals surface area contributed by atoms with Crippen molar-refractivity contribution in [2.24, 2.45) is 5.41 Å². The quantitative estimate of drug-likeness (QED) is 0.547. The number of rotatable bonds is 8. The fourth-order valence-corrected chi connectivity index (χ4v) is 2.49. The predicted molar refractivity (Wildman–Crippen MR) is 70.4 cm³/mol. The fraction of sp³-hybridized carbons (Fsp3) is 0.923. The molecule has 3 N–H and O–H groups in total. The van der Waals surface area contributed by atoms with Crippen LogP contribution in [0, 0.1) is 5.41 Å². The number of amides is 1. The largest absolute Gasteiger partial charge is 0.396 e. The number of carbonyl (C=O) groups excluding carboxylic acids is 1. The summed E-state index contributed by atoms with van der Waals surface area (Å²) in [6, 6.07) is 0. The predicted octanol–water partition coefficient (Wildman–Crippen LogP) is 0.281. The number of hydrogen-bond acceptors (Lipinski definition) is 4. The first-order chi connectivity index (χ1) is 8.72. The van der Waals surface area contributed by atoms with Crippen molar-refractivity contribution in [2.75, 3.05) is 40.0 Å². The Kier molecular flexibility index (Phi) is 7.23. The van der Waals surface area contributed by atoms with Crippen molar-refractivity contribution >= 4 is 5.91 Å². The Morgan fingerprint density at radius 1 is 1.33 bits per heavy atom. The highest BCUT2D eigenvalue weighted by Gasteiger charge is 2.30. The summed E-state index contributed by atoms with van der Waals surface area (Å²) in [5.41, 5.74) is -0.00887. The highest BCUT2D eigenvalue weighted by Crippen LogP contribution is 2.34. The third-order valence-corrected chi connectivity index (χ3v) is 3.66. The maximum Gasteiger partial charge on any atom is 0.234 e. The van der Waals surface area contributed by atoms with Crippen LogP contribution in [0.3, 0.4) is 0 Å². The van der Waals surface area contributed by atoms with Gasteiger partial charge in [-0.3, -0.25) is 4.79 Å². The Hall–Kier alpha value is -0.650. The number of carbonyl (C=O) groups is 1. The van der Waals surface area contributed by atoms with E-state index in [9.17, 15) is 9.90 Å². The van der Waals surface area contributed by atoms with E-state index in [4.69, 9.17) is 4.74 Å². The van der Waals surface area contributed by atoms with E-state index >= 15 is 0 Å². The molecule has 5 nitrogen and oxygen atoms in total. The lowest BCUT2D eigenvalue weighted by Gasteiger charge is -2.35. The van der Waals surface area contributed by atoms with Gasteiger partial charge in [0.25, 0.3) is 0 Å². The molecule has 0 aromatic carbocycles. The van der Waals surface area contributed by atoms with Crippen LogP contribution in [0.4, 0.5) is 0 Å². The van der Waals surface area contributed by atoms with Crippen LogP contribution < -0.4 is 10.6 Å². The smallest absolute Gasteiger partial charge is 0.234 e. The highest BCUT2D eigenvalue weighted by atomic mass is 16.5. The number of hydrogen-bond donors (Lipinski definition) is 3. The fourth-order valence-electron chi connectivity index (χ4n) is 2.49. The minimum Gasteiger partial charge on any atom is -0.396 e. The first-order valence-electron chi connectivity index (χ1n) is 6.80. The summed E-state index contributed by atoms with van der Waals surface area (Å²) in [5, 5.41) is 15.4. The Morgan fingerprint density at radius 2 is 2.06 bits per heavy atom. The number of nitrogens with one attached hydrogen (secondary N) is 2. The molecule has 1 aliphatic carbocycles. The van der Waals surface area contributed by atoms with Crippen LogP contribution in [-0.4, -0.2) is 51.0 Å². The van der Waals surface area contributed by atoms with Crippen LogP contribution in [0.15, 0.2) is 0 Å². The molecule has 1 amide bonds. The molecule has 106 valence electrons. The van der Waals surface area contributed by atoms with Crippen molar-refractivity contribution in [3.05, 3.63) is 0 Å². The SMILES string of the molecule is COCCNC(=O)CNCC1(CO)CCCCC1. The molecule has 1 fully saturated rings. The van der Waals surface area contributed by atoms with E-state index in [0.717, 1.165) is 19.4 Å². The molecule has 0 atom stereocenters. The number of aliphatic hydroxyl groups is 1. The van der Waals surface area contributed by atoms with Gasteiger partial charge in [-0.2, -0.15) is 0 Å². The minimum atomic E-state index is -0.0176. The van der Waals surface area contributed by atoms with Gasteiger partial charge in [-0.15, -0.1) is 0 Å². The summed E-state index contributed by atoms with van der Waals surface area (Å²) in [4.78, 5) is 11.5. The number of methoxy groups -OCH3 is 1. The lowest BCUT2D eigenvalue weighted by atomic mass is 9.74. The Labute approximate surface area is 109 Å². The van der Waals surface area contributed by atoms with Crippen LogP contribution in [-0.2, 0) is 9.53 Å². The zero-order chi connectivity index (χ0) is 13.3. The minimum absolute atomic E-state index is 0.00887. The molecule has 1 saturated carbocycles.